The number of piperazine rings is 1. The minimum atomic E-state index is -0.854. The largest absolute Gasteiger partial charge is 0.598 e. The molecule has 0 aromatic heterocycles. The van der Waals surface area contributed by atoms with Gasteiger partial charge in [-0.2, -0.15) is 0 Å². The summed E-state index contributed by atoms with van der Waals surface area (Å²) in [4.78, 5) is 14.3. The second-order valence-corrected chi connectivity index (χ2v) is 21.5. The third-order valence-corrected chi connectivity index (χ3v) is 19.0. The van der Waals surface area contributed by atoms with E-state index < -0.39 is 17.3 Å². The van der Waals surface area contributed by atoms with Gasteiger partial charge in [0.2, 0.25) is 0 Å². The molecule has 2 bridgehead atoms. The number of carboxylic acid groups (broad SMARTS) is 1. The number of hydrogen-bond acceptors (Lipinski definition) is 5. The number of nitrogens with one attached hydrogen (secondary N) is 1. The summed E-state index contributed by atoms with van der Waals surface area (Å²) >= 11 is -0.842. The summed E-state index contributed by atoms with van der Waals surface area (Å²) in [6.07, 6.45) is 17.5. The molecule has 2 saturated heterocycles. The van der Waals surface area contributed by atoms with Crippen molar-refractivity contribution < 1.29 is 14.5 Å². The minimum Gasteiger partial charge on any atom is -0.598 e. The van der Waals surface area contributed by atoms with Gasteiger partial charge in [0.1, 0.15) is 6.26 Å². The molecule has 1 unspecified atom stereocenters. The van der Waals surface area contributed by atoms with E-state index in [1.807, 2.05) is 18.4 Å². The summed E-state index contributed by atoms with van der Waals surface area (Å²) in [7, 11) is 0. The number of hydrogen-bond donors (Lipinski definition) is 2. The highest BCUT2D eigenvalue weighted by Gasteiger charge is 2.70. The van der Waals surface area contributed by atoms with E-state index in [-0.39, 0.29) is 16.4 Å². The lowest BCUT2D eigenvalue weighted by molar-refractivity contribution is -0.221. The van der Waals surface area contributed by atoms with Crippen LogP contribution in [-0.2, 0) is 11.4 Å². The second kappa shape index (κ2) is 12.6. The Hall–Kier alpha value is -1.38. The zero-order chi connectivity index (χ0) is 36.3. The molecule has 12 atom stereocenters. The maximum atomic E-state index is 12.2. The summed E-state index contributed by atoms with van der Waals surface area (Å²) in [5.41, 5.74) is 4.26. The predicted molar refractivity (Wildman–Crippen MR) is 209 cm³/mol. The number of rotatable bonds is 8. The fraction of sp³-hybridized carbons (Fsp3) is 0.795. The van der Waals surface area contributed by atoms with Crippen LogP contribution in [0.25, 0.3) is 5.57 Å². The quantitative estimate of drug-likeness (QED) is 0.263. The van der Waals surface area contributed by atoms with Crippen molar-refractivity contribution in [3.63, 3.8) is 0 Å². The summed E-state index contributed by atoms with van der Waals surface area (Å²) in [5.74, 6) is 3.55. The fourth-order valence-corrected chi connectivity index (χ4v) is 16.3. The number of carbonyl (C=O) groups is 1. The average Bonchev–Trinajstić information content (AvgIpc) is 3.79. The van der Waals surface area contributed by atoms with E-state index >= 15 is 0 Å². The molecule has 4 saturated carbocycles. The predicted octanol–water partition coefficient (Wildman–Crippen LogP) is 8.51. The van der Waals surface area contributed by atoms with Crippen LogP contribution in [0.4, 0.5) is 0 Å². The summed E-state index contributed by atoms with van der Waals surface area (Å²) in [6, 6.07) is 8.73. The smallest absolute Gasteiger partial charge is 0.335 e. The molecule has 1 aromatic rings. The number of benzene rings is 1. The highest BCUT2D eigenvalue weighted by atomic mass is 32.2. The monoisotopic (exact) mass is 717 g/mol. The zero-order valence-corrected chi connectivity index (χ0v) is 33.8. The maximum Gasteiger partial charge on any atom is 0.335 e. The molecular weight excluding hydrogens is 651 g/mol. The van der Waals surface area contributed by atoms with E-state index in [0.29, 0.717) is 34.4 Å². The number of aromatic carboxylic acids is 1. The van der Waals surface area contributed by atoms with Crippen molar-refractivity contribution in [1.29, 1.82) is 0 Å². The first-order valence-electron chi connectivity index (χ1n) is 20.7. The van der Waals surface area contributed by atoms with Crippen molar-refractivity contribution in [2.45, 2.75) is 130 Å². The average molecular weight is 718 g/mol. The molecule has 0 radical (unpaired) electrons. The van der Waals surface area contributed by atoms with E-state index in [1.54, 1.807) is 12.1 Å². The molecule has 1 aromatic carbocycles. The molecule has 2 heterocycles. The lowest BCUT2D eigenvalue weighted by Crippen LogP contribution is -2.68. The Bertz CT molecular complexity index is 1540. The Morgan fingerprint density at radius 3 is 2.33 bits per heavy atom. The first-order valence-corrected chi connectivity index (χ1v) is 22.2. The molecule has 282 valence electrons. The van der Waals surface area contributed by atoms with Crippen LogP contribution < -0.4 is 5.32 Å². The molecule has 6 nitrogen and oxygen atoms in total. The summed E-state index contributed by atoms with van der Waals surface area (Å²) in [6.45, 7) is 22.5. The number of fused-ring (bicyclic) bond motifs is 9. The Kier molecular flexibility index (Phi) is 9.02. The number of likely N-dealkylation sites (tertiary alicyclic amines) is 1. The van der Waals surface area contributed by atoms with Gasteiger partial charge in [-0.15, -0.1) is 4.31 Å². The molecule has 7 heteroatoms. The van der Waals surface area contributed by atoms with Crippen LogP contribution in [0.1, 0.15) is 129 Å². The maximum absolute atomic E-state index is 12.2. The van der Waals surface area contributed by atoms with Crippen molar-refractivity contribution in [3.05, 3.63) is 41.5 Å². The van der Waals surface area contributed by atoms with Crippen molar-refractivity contribution in [2.75, 3.05) is 32.4 Å². The highest BCUT2D eigenvalue weighted by Crippen LogP contribution is 2.76. The van der Waals surface area contributed by atoms with E-state index in [1.165, 1.54) is 68.9 Å². The van der Waals surface area contributed by atoms with Crippen molar-refractivity contribution in [3.8, 4) is 0 Å². The first kappa shape index (κ1) is 36.6. The number of carboxylic acids is 1. The van der Waals surface area contributed by atoms with Crippen LogP contribution >= 0.6 is 0 Å². The highest BCUT2D eigenvalue weighted by molar-refractivity contribution is 7.88. The normalized spacial score (nSPS) is 45.1. The lowest BCUT2D eigenvalue weighted by atomic mass is 9.33. The minimum absolute atomic E-state index is 0.0391. The zero-order valence-electron chi connectivity index (χ0n) is 33.0. The summed E-state index contributed by atoms with van der Waals surface area (Å²) in [5, 5.41) is 13.9. The molecule has 6 fully saturated rings. The van der Waals surface area contributed by atoms with Crippen LogP contribution in [0.5, 0.6) is 0 Å². The molecule has 0 spiro atoms. The topological polar surface area (TPSA) is 78.9 Å². The fourth-order valence-electron chi connectivity index (χ4n) is 15.3. The Labute approximate surface area is 312 Å². The van der Waals surface area contributed by atoms with Crippen LogP contribution in [0.15, 0.2) is 30.3 Å². The van der Waals surface area contributed by atoms with Gasteiger partial charge in [-0.3, -0.25) is 4.90 Å². The van der Waals surface area contributed by atoms with Crippen LogP contribution in [0.2, 0.25) is 0 Å². The van der Waals surface area contributed by atoms with Gasteiger partial charge in [-0.1, -0.05) is 66.7 Å². The molecule has 5 aliphatic carbocycles. The molecule has 0 amide bonds. The van der Waals surface area contributed by atoms with Gasteiger partial charge in [0.05, 0.1) is 18.2 Å². The lowest BCUT2D eigenvalue weighted by Gasteiger charge is -2.72. The van der Waals surface area contributed by atoms with Crippen LogP contribution in [-0.4, -0.2) is 74.9 Å². The van der Waals surface area contributed by atoms with Gasteiger partial charge in [-0.05, 0) is 145 Å². The second-order valence-electron chi connectivity index (χ2n) is 20.2. The molecule has 51 heavy (non-hydrogen) atoms. The molecule has 7 aliphatic rings. The van der Waals surface area contributed by atoms with Crippen LogP contribution in [0.3, 0.4) is 0 Å². The molecule has 2 N–H and O–H groups in total. The third-order valence-electron chi connectivity index (χ3n) is 17.9. The SMILES string of the molecule is CC(C)[C@@H]1CC[C@]2(NCCN3C[C@@H]4C[C@H]3CN4[S+](C)[O-])CC[C@]3(C)[C@H](CC[C@@H]4[C@@]5(C)CC=C(c6ccc(C(=O)O)cc6)C(C)(C)[C@@H]5CC[C@]43C)[C@@H]12. The van der Waals surface area contributed by atoms with Crippen molar-refractivity contribution in [1.82, 2.24) is 14.5 Å². The van der Waals surface area contributed by atoms with Gasteiger partial charge >= 0.3 is 5.97 Å². The first-order chi connectivity index (χ1) is 24.1. The van der Waals surface area contributed by atoms with Gasteiger partial charge in [0.25, 0.3) is 0 Å². The summed E-state index contributed by atoms with van der Waals surface area (Å²) < 4.78 is 14.4. The van der Waals surface area contributed by atoms with Gasteiger partial charge < -0.3 is 15.0 Å². The number of nitrogens with zero attached hydrogens (tertiary/aromatic N) is 2. The van der Waals surface area contributed by atoms with Gasteiger partial charge in [0, 0.05) is 42.6 Å². The van der Waals surface area contributed by atoms with E-state index in [4.69, 9.17) is 0 Å². The Morgan fingerprint density at radius 2 is 1.69 bits per heavy atom. The van der Waals surface area contributed by atoms with Crippen LogP contribution in [0, 0.1) is 57.2 Å². The van der Waals surface area contributed by atoms with E-state index in [9.17, 15) is 14.5 Å². The Balaban J connectivity index is 1.03. The van der Waals surface area contributed by atoms with E-state index in [2.05, 4.69) is 69.1 Å². The van der Waals surface area contributed by atoms with Crippen molar-refractivity contribution >= 4 is 22.9 Å². The molecule has 2 aliphatic heterocycles. The van der Waals surface area contributed by atoms with Gasteiger partial charge in [0.15, 0.2) is 0 Å². The van der Waals surface area contributed by atoms with E-state index in [0.717, 1.165) is 62.2 Å². The molecule has 8 rings (SSSR count). The third kappa shape index (κ3) is 5.34. The molecular formula is C44H67N3O3S. The van der Waals surface area contributed by atoms with Gasteiger partial charge in [-0.25, -0.2) is 4.79 Å². The Morgan fingerprint density at radius 1 is 0.941 bits per heavy atom. The van der Waals surface area contributed by atoms with Crippen molar-refractivity contribution in [2.24, 2.45) is 57.2 Å². The standard InChI is InChI=1S/C44H67N3O3S/c1-28(2)33-15-20-44(45-23-24-46-26-32-25-31(46)27-47(32)51(8)50)22-21-42(6)35(38(33)44)13-14-37-41(5)18-16-34(29-9-11-30(12-10-29)39(48)49)40(3,4)36(41)17-19-43(37,42)7/h9-12,16,28,31-33,35-38,45H,13-15,17-27H2,1-8H3,(H,48,49)/t31-,32-,33-,35+,36-,37+,38+,41-,42+,43+,44-,51?/m0/s1. The number of allylic oxidation sites excluding steroid dienone is 2.